The lowest BCUT2D eigenvalue weighted by molar-refractivity contribution is 0.0951. The maximum absolute atomic E-state index is 12.2. The maximum Gasteiger partial charge on any atom is 0.251 e. The molecule has 0 aliphatic rings. The van der Waals surface area contributed by atoms with Gasteiger partial charge in [0.15, 0.2) is 0 Å². The summed E-state index contributed by atoms with van der Waals surface area (Å²) in [6.07, 6.45) is -0.607. The van der Waals surface area contributed by atoms with E-state index in [4.69, 9.17) is 4.74 Å². The highest BCUT2D eigenvalue weighted by atomic mass is 32.1. The Bertz CT molecular complexity index is 811. The quantitative estimate of drug-likeness (QED) is 0.703. The largest absolute Gasteiger partial charge is 0.497 e. The Morgan fingerprint density at radius 3 is 2.92 bits per heavy atom. The van der Waals surface area contributed by atoms with Crippen LogP contribution in [-0.2, 0) is 6.54 Å². The predicted molar refractivity (Wildman–Crippen MR) is 96.9 cm³/mol. The number of benzene rings is 1. The van der Waals surface area contributed by atoms with Crippen molar-refractivity contribution in [1.82, 2.24) is 5.32 Å². The number of amides is 1. The van der Waals surface area contributed by atoms with Gasteiger partial charge in [-0.05, 0) is 52.7 Å². The summed E-state index contributed by atoms with van der Waals surface area (Å²) in [6.45, 7) is 0.428. The van der Waals surface area contributed by atoms with Crippen molar-refractivity contribution in [3.8, 4) is 5.75 Å². The van der Waals surface area contributed by atoms with Crippen LogP contribution in [-0.4, -0.2) is 18.1 Å². The molecule has 0 saturated carbocycles. The molecule has 2 aromatic heterocycles. The van der Waals surface area contributed by atoms with Crippen molar-refractivity contribution in [3.05, 3.63) is 74.1 Å². The molecule has 24 heavy (non-hydrogen) atoms. The van der Waals surface area contributed by atoms with Crippen molar-refractivity contribution >= 4 is 28.6 Å². The van der Waals surface area contributed by atoms with E-state index in [2.05, 4.69) is 5.32 Å². The fourth-order valence-electron chi connectivity index (χ4n) is 2.27. The van der Waals surface area contributed by atoms with E-state index in [0.29, 0.717) is 17.9 Å². The normalized spacial score (nSPS) is 11.9. The smallest absolute Gasteiger partial charge is 0.251 e. The highest BCUT2D eigenvalue weighted by Crippen LogP contribution is 2.29. The van der Waals surface area contributed by atoms with Gasteiger partial charge >= 0.3 is 0 Å². The molecule has 0 radical (unpaired) electrons. The number of aliphatic hydroxyl groups is 1. The Balaban J connectivity index is 1.62. The molecule has 0 aliphatic heterocycles. The van der Waals surface area contributed by atoms with Gasteiger partial charge in [0, 0.05) is 15.3 Å². The number of methoxy groups -OCH3 is 1. The lowest BCUT2D eigenvalue weighted by Gasteiger charge is -2.06. The molecule has 3 rings (SSSR count). The summed E-state index contributed by atoms with van der Waals surface area (Å²) in [5.74, 6) is 0.502. The monoisotopic (exact) mass is 359 g/mol. The Hall–Kier alpha value is -2.15. The zero-order valence-corrected chi connectivity index (χ0v) is 14.7. The molecule has 2 N–H and O–H groups in total. The first-order valence-electron chi connectivity index (χ1n) is 7.38. The molecule has 0 saturated heterocycles. The Kier molecular flexibility index (Phi) is 5.30. The Labute approximate surface area is 148 Å². The Morgan fingerprint density at radius 2 is 2.17 bits per heavy atom. The van der Waals surface area contributed by atoms with E-state index in [1.165, 1.54) is 11.3 Å². The third kappa shape index (κ3) is 3.84. The second kappa shape index (κ2) is 7.61. The van der Waals surface area contributed by atoms with Crippen LogP contribution in [0.15, 0.2) is 53.2 Å². The summed E-state index contributed by atoms with van der Waals surface area (Å²) >= 11 is 3.06. The van der Waals surface area contributed by atoms with Gasteiger partial charge in [-0.1, -0.05) is 6.07 Å². The third-order valence-electron chi connectivity index (χ3n) is 3.57. The van der Waals surface area contributed by atoms with Crippen molar-refractivity contribution < 1.29 is 14.6 Å². The molecule has 1 amide bonds. The second-order valence-electron chi connectivity index (χ2n) is 5.18. The van der Waals surface area contributed by atoms with E-state index in [9.17, 15) is 9.90 Å². The number of ether oxygens (including phenoxy) is 1. The van der Waals surface area contributed by atoms with Crippen LogP contribution in [0, 0.1) is 0 Å². The first-order valence-corrected chi connectivity index (χ1v) is 9.14. The molecule has 6 heteroatoms. The van der Waals surface area contributed by atoms with Gasteiger partial charge in [0.25, 0.3) is 5.91 Å². The summed E-state index contributed by atoms with van der Waals surface area (Å²) in [5, 5.41) is 17.1. The number of carbonyl (C=O) groups excluding carboxylic acids is 1. The summed E-state index contributed by atoms with van der Waals surface area (Å²) in [7, 11) is 1.57. The third-order valence-corrected chi connectivity index (χ3v) is 5.41. The molecule has 4 nitrogen and oxygen atoms in total. The fraction of sp³-hybridized carbons (Fsp3) is 0.167. The van der Waals surface area contributed by atoms with Crippen LogP contribution in [0.5, 0.6) is 5.75 Å². The van der Waals surface area contributed by atoms with Gasteiger partial charge in [0.05, 0.1) is 13.7 Å². The summed E-state index contributed by atoms with van der Waals surface area (Å²) < 4.78 is 5.13. The average Bonchev–Trinajstić information content (AvgIpc) is 3.31. The van der Waals surface area contributed by atoms with Crippen LogP contribution in [0.3, 0.4) is 0 Å². The van der Waals surface area contributed by atoms with Crippen molar-refractivity contribution in [3.63, 3.8) is 0 Å². The van der Waals surface area contributed by atoms with Crippen LogP contribution in [0.1, 0.15) is 31.8 Å². The van der Waals surface area contributed by atoms with Gasteiger partial charge in [-0.25, -0.2) is 0 Å². The highest BCUT2D eigenvalue weighted by molar-refractivity contribution is 7.12. The summed E-state index contributed by atoms with van der Waals surface area (Å²) in [6, 6.07) is 12.8. The predicted octanol–water partition coefficient (Wildman–Crippen LogP) is 3.83. The van der Waals surface area contributed by atoms with Crippen LogP contribution in [0.4, 0.5) is 0 Å². The lowest BCUT2D eigenvalue weighted by Crippen LogP contribution is -2.22. The van der Waals surface area contributed by atoms with Crippen LogP contribution < -0.4 is 10.1 Å². The first kappa shape index (κ1) is 16.7. The molecule has 1 aromatic carbocycles. The van der Waals surface area contributed by atoms with Crippen molar-refractivity contribution in [2.75, 3.05) is 7.11 Å². The Morgan fingerprint density at radius 1 is 1.29 bits per heavy atom. The number of hydrogen-bond donors (Lipinski definition) is 2. The van der Waals surface area contributed by atoms with E-state index in [-0.39, 0.29) is 5.91 Å². The van der Waals surface area contributed by atoms with E-state index in [0.717, 1.165) is 15.3 Å². The fourth-order valence-corrected chi connectivity index (χ4v) is 3.91. The zero-order chi connectivity index (χ0) is 16.9. The molecular formula is C18H17NO3S2. The topological polar surface area (TPSA) is 58.6 Å². The van der Waals surface area contributed by atoms with Crippen molar-refractivity contribution in [2.45, 2.75) is 12.6 Å². The molecule has 1 atom stereocenters. The first-order chi connectivity index (χ1) is 11.7. The molecule has 0 spiro atoms. The number of carbonyl (C=O) groups is 1. The SMILES string of the molecule is COc1cccc(C(=O)NCc2ccc(C(O)c3ccsc3)s2)c1. The molecule has 2 heterocycles. The second-order valence-corrected chi connectivity index (χ2v) is 7.16. The van der Waals surface area contributed by atoms with E-state index >= 15 is 0 Å². The van der Waals surface area contributed by atoms with Crippen molar-refractivity contribution in [2.24, 2.45) is 0 Å². The molecule has 0 fully saturated rings. The van der Waals surface area contributed by atoms with Gasteiger partial charge in [0.2, 0.25) is 0 Å². The number of rotatable bonds is 6. The number of thiophene rings is 2. The van der Waals surface area contributed by atoms with Crippen LogP contribution in [0.25, 0.3) is 0 Å². The van der Waals surface area contributed by atoms with Crippen molar-refractivity contribution in [1.29, 1.82) is 0 Å². The van der Waals surface area contributed by atoms with E-state index in [1.807, 2.05) is 29.0 Å². The van der Waals surface area contributed by atoms with Gasteiger partial charge in [-0.2, -0.15) is 11.3 Å². The average molecular weight is 359 g/mol. The number of aliphatic hydroxyl groups excluding tert-OH is 1. The summed E-state index contributed by atoms with van der Waals surface area (Å²) in [5.41, 5.74) is 1.46. The van der Waals surface area contributed by atoms with E-state index in [1.54, 1.807) is 42.7 Å². The van der Waals surface area contributed by atoms with Gasteiger partial charge in [-0.3, -0.25) is 4.79 Å². The number of nitrogens with one attached hydrogen (secondary N) is 1. The summed E-state index contributed by atoms with van der Waals surface area (Å²) in [4.78, 5) is 14.1. The van der Waals surface area contributed by atoms with Gasteiger partial charge in [0.1, 0.15) is 11.9 Å². The molecule has 0 aliphatic carbocycles. The van der Waals surface area contributed by atoms with Crippen LogP contribution >= 0.6 is 22.7 Å². The molecule has 3 aromatic rings. The van der Waals surface area contributed by atoms with Gasteiger partial charge in [-0.15, -0.1) is 11.3 Å². The van der Waals surface area contributed by atoms with Crippen LogP contribution in [0.2, 0.25) is 0 Å². The lowest BCUT2D eigenvalue weighted by atomic mass is 10.2. The molecule has 0 bridgehead atoms. The van der Waals surface area contributed by atoms with E-state index < -0.39 is 6.10 Å². The molecule has 124 valence electrons. The molecular weight excluding hydrogens is 342 g/mol. The molecule has 1 unspecified atom stereocenters. The minimum Gasteiger partial charge on any atom is -0.497 e. The maximum atomic E-state index is 12.2. The minimum absolute atomic E-state index is 0.151. The zero-order valence-electron chi connectivity index (χ0n) is 13.1. The van der Waals surface area contributed by atoms with Gasteiger partial charge < -0.3 is 15.2 Å². The minimum atomic E-state index is -0.607. The highest BCUT2D eigenvalue weighted by Gasteiger charge is 2.14. The standard InChI is InChI=1S/C18H17NO3S2/c1-22-14-4-2-3-12(9-14)18(21)19-10-15-5-6-16(24-15)17(20)13-7-8-23-11-13/h2-9,11,17,20H,10H2,1H3,(H,19,21). The number of hydrogen-bond acceptors (Lipinski definition) is 5.